The molecular weight excluding hydrogens is 238 g/mol. The molecule has 2 rings (SSSR count). The molecule has 19 heavy (non-hydrogen) atoms. The van der Waals surface area contributed by atoms with Crippen molar-refractivity contribution in [1.82, 2.24) is 25.2 Å². The number of piperidine rings is 1. The summed E-state index contributed by atoms with van der Waals surface area (Å²) in [4.78, 5) is 2.51. The Balaban J connectivity index is 1.74. The summed E-state index contributed by atoms with van der Waals surface area (Å²) in [7, 11) is 1.92. The van der Waals surface area contributed by atoms with E-state index in [9.17, 15) is 0 Å². The first kappa shape index (κ1) is 14.5. The lowest BCUT2D eigenvalue weighted by atomic mass is 9.97. The molecule has 0 radical (unpaired) electrons. The van der Waals surface area contributed by atoms with Gasteiger partial charge in [0, 0.05) is 26.3 Å². The Morgan fingerprint density at radius 2 is 2.32 bits per heavy atom. The highest BCUT2D eigenvalue weighted by molar-refractivity contribution is 4.92. The van der Waals surface area contributed by atoms with Gasteiger partial charge in [0.1, 0.15) is 0 Å². The second-order valence-corrected chi connectivity index (χ2v) is 6.18. The molecule has 2 heterocycles. The topological polar surface area (TPSA) is 46.0 Å². The zero-order valence-electron chi connectivity index (χ0n) is 12.5. The van der Waals surface area contributed by atoms with Crippen LogP contribution in [0, 0.1) is 11.8 Å². The lowest BCUT2D eigenvalue weighted by Crippen LogP contribution is -2.39. The SMILES string of the molecule is CC(C)CNCC1CCCN(Cc2cn(C)nn2)C1. The van der Waals surface area contributed by atoms with Crippen molar-refractivity contribution in [2.45, 2.75) is 33.2 Å². The maximum Gasteiger partial charge on any atom is 0.0967 e. The molecule has 1 aliphatic heterocycles. The number of nitrogens with one attached hydrogen (secondary N) is 1. The van der Waals surface area contributed by atoms with Crippen molar-refractivity contribution in [3.05, 3.63) is 11.9 Å². The Bertz CT molecular complexity index is 374. The zero-order valence-corrected chi connectivity index (χ0v) is 12.5. The van der Waals surface area contributed by atoms with Gasteiger partial charge in [-0.25, -0.2) is 0 Å². The minimum Gasteiger partial charge on any atom is -0.316 e. The Hall–Kier alpha value is -0.940. The standard InChI is InChI=1S/C14H27N5/c1-12(2)7-15-8-13-5-4-6-19(9-13)11-14-10-18(3)17-16-14/h10,12-13,15H,4-9,11H2,1-3H3. The number of hydrogen-bond donors (Lipinski definition) is 1. The first-order valence-electron chi connectivity index (χ1n) is 7.41. The summed E-state index contributed by atoms with van der Waals surface area (Å²) in [5, 5.41) is 11.8. The highest BCUT2D eigenvalue weighted by atomic mass is 15.4. The summed E-state index contributed by atoms with van der Waals surface area (Å²) in [5.41, 5.74) is 1.08. The van der Waals surface area contributed by atoms with Crippen LogP contribution >= 0.6 is 0 Å². The number of likely N-dealkylation sites (tertiary alicyclic amines) is 1. The molecule has 1 aromatic heterocycles. The van der Waals surface area contributed by atoms with E-state index in [1.165, 1.54) is 25.9 Å². The highest BCUT2D eigenvalue weighted by Gasteiger charge is 2.20. The van der Waals surface area contributed by atoms with Gasteiger partial charge in [-0.3, -0.25) is 9.58 Å². The first-order valence-corrected chi connectivity index (χ1v) is 7.41. The van der Waals surface area contributed by atoms with Crippen LogP contribution in [0.2, 0.25) is 0 Å². The summed E-state index contributed by atoms with van der Waals surface area (Å²) < 4.78 is 1.78. The van der Waals surface area contributed by atoms with Crippen molar-refractivity contribution in [3.63, 3.8) is 0 Å². The molecule has 1 fully saturated rings. The number of nitrogens with zero attached hydrogens (tertiary/aromatic N) is 4. The summed E-state index contributed by atoms with van der Waals surface area (Å²) in [6, 6.07) is 0. The molecule has 0 aromatic carbocycles. The van der Waals surface area contributed by atoms with Gasteiger partial charge in [-0.1, -0.05) is 19.1 Å². The van der Waals surface area contributed by atoms with Crippen molar-refractivity contribution >= 4 is 0 Å². The molecule has 5 nitrogen and oxygen atoms in total. The molecule has 0 amide bonds. The second-order valence-electron chi connectivity index (χ2n) is 6.18. The molecule has 1 saturated heterocycles. The lowest BCUT2D eigenvalue weighted by Gasteiger charge is -2.32. The Labute approximate surface area is 116 Å². The van der Waals surface area contributed by atoms with Gasteiger partial charge in [-0.05, 0) is 44.3 Å². The summed E-state index contributed by atoms with van der Waals surface area (Å²) in [6.45, 7) is 10.1. The van der Waals surface area contributed by atoms with Gasteiger partial charge in [0.05, 0.1) is 5.69 Å². The fraction of sp³-hybridized carbons (Fsp3) is 0.857. The minimum absolute atomic E-state index is 0.735. The van der Waals surface area contributed by atoms with Crippen LogP contribution < -0.4 is 5.32 Å². The molecular formula is C14H27N5. The molecule has 1 unspecified atom stereocenters. The van der Waals surface area contributed by atoms with E-state index in [2.05, 4.69) is 34.4 Å². The largest absolute Gasteiger partial charge is 0.316 e. The van der Waals surface area contributed by atoms with Crippen molar-refractivity contribution in [1.29, 1.82) is 0 Å². The fourth-order valence-corrected chi connectivity index (χ4v) is 2.73. The molecule has 0 aliphatic carbocycles. The van der Waals surface area contributed by atoms with Gasteiger partial charge in [-0.15, -0.1) is 5.10 Å². The summed E-state index contributed by atoms with van der Waals surface area (Å²) in [5.74, 6) is 1.52. The van der Waals surface area contributed by atoms with E-state index < -0.39 is 0 Å². The van der Waals surface area contributed by atoms with Gasteiger partial charge in [-0.2, -0.15) is 0 Å². The predicted molar refractivity (Wildman–Crippen MR) is 76.7 cm³/mol. The van der Waals surface area contributed by atoms with Gasteiger partial charge < -0.3 is 5.32 Å². The lowest BCUT2D eigenvalue weighted by molar-refractivity contribution is 0.163. The van der Waals surface area contributed by atoms with Gasteiger partial charge in [0.15, 0.2) is 0 Å². The van der Waals surface area contributed by atoms with Gasteiger partial charge >= 0.3 is 0 Å². The van der Waals surface area contributed by atoms with E-state index in [-0.39, 0.29) is 0 Å². The van der Waals surface area contributed by atoms with E-state index >= 15 is 0 Å². The second kappa shape index (κ2) is 7.01. The van der Waals surface area contributed by atoms with E-state index in [1.54, 1.807) is 4.68 Å². The van der Waals surface area contributed by atoms with Crippen LogP contribution in [0.5, 0.6) is 0 Å². The van der Waals surface area contributed by atoms with Crippen molar-refractivity contribution in [2.24, 2.45) is 18.9 Å². The van der Waals surface area contributed by atoms with E-state index in [0.29, 0.717) is 0 Å². The fourth-order valence-electron chi connectivity index (χ4n) is 2.73. The summed E-state index contributed by atoms with van der Waals surface area (Å²) in [6.07, 6.45) is 4.66. The van der Waals surface area contributed by atoms with Gasteiger partial charge in [0.25, 0.3) is 0 Å². The van der Waals surface area contributed by atoms with Crippen LogP contribution in [-0.4, -0.2) is 46.1 Å². The Morgan fingerprint density at radius 3 is 3.00 bits per heavy atom. The average molecular weight is 265 g/mol. The molecule has 1 N–H and O–H groups in total. The maximum atomic E-state index is 4.18. The first-order chi connectivity index (χ1) is 9.13. The molecule has 0 bridgehead atoms. The monoisotopic (exact) mass is 265 g/mol. The third-order valence-corrected chi connectivity index (χ3v) is 3.62. The third kappa shape index (κ3) is 4.91. The zero-order chi connectivity index (χ0) is 13.7. The van der Waals surface area contributed by atoms with Crippen molar-refractivity contribution < 1.29 is 0 Å². The maximum absolute atomic E-state index is 4.18. The van der Waals surface area contributed by atoms with E-state index in [4.69, 9.17) is 0 Å². The van der Waals surface area contributed by atoms with Gasteiger partial charge in [0.2, 0.25) is 0 Å². The molecule has 1 aromatic rings. The van der Waals surface area contributed by atoms with Crippen molar-refractivity contribution in [3.8, 4) is 0 Å². The number of aryl methyl sites for hydroxylation is 1. The predicted octanol–water partition coefficient (Wildman–Crippen LogP) is 1.27. The van der Waals surface area contributed by atoms with E-state index in [1.807, 2.05) is 13.2 Å². The normalized spacial score (nSPS) is 21.2. The molecule has 1 atom stereocenters. The van der Waals surface area contributed by atoms with Crippen molar-refractivity contribution in [2.75, 3.05) is 26.2 Å². The molecule has 108 valence electrons. The highest BCUT2D eigenvalue weighted by Crippen LogP contribution is 2.17. The number of aromatic nitrogens is 3. The van der Waals surface area contributed by atoms with E-state index in [0.717, 1.165) is 37.2 Å². The Morgan fingerprint density at radius 1 is 1.47 bits per heavy atom. The molecule has 0 saturated carbocycles. The Kier molecular flexibility index (Phi) is 5.34. The van der Waals surface area contributed by atoms with Crippen LogP contribution in [0.25, 0.3) is 0 Å². The molecule has 1 aliphatic rings. The van der Waals surface area contributed by atoms with Crippen LogP contribution in [0.4, 0.5) is 0 Å². The van der Waals surface area contributed by atoms with Crippen LogP contribution in [0.3, 0.4) is 0 Å². The minimum atomic E-state index is 0.735. The number of rotatable bonds is 6. The number of hydrogen-bond acceptors (Lipinski definition) is 4. The molecule has 5 heteroatoms. The van der Waals surface area contributed by atoms with Crippen LogP contribution in [0.1, 0.15) is 32.4 Å². The van der Waals surface area contributed by atoms with Crippen LogP contribution in [-0.2, 0) is 13.6 Å². The smallest absolute Gasteiger partial charge is 0.0967 e. The summed E-state index contributed by atoms with van der Waals surface area (Å²) >= 11 is 0. The molecule has 0 spiro atoms. The van der Waals surface area contributed by atoms with Crippen LogP contribution in [0.15, 0.2) is 6.20 Å². The average Bonchev–Trinajstić information content (AvgIpc) is 2.75. The quantitative estimate of drug-likeness (QED) is 0.841. The third-order valence-electron chi connectivity index (χ3n) is 3.62.